The fourth-order valence-electron chi connectivity index (χ4n) is 2.32. The van der Waals surface area contributed by atoms with Crippen molar-refractivity contribution in [3.8, 4) is 0 Å². The largest absolute Gasteiger partial charge is 0.392 e. The Balaban J connectivity index is 2.50. The van der Waals surface area contributed by atoms with E-state index in [1.165, 1.54) is 0 Å². The van der Waals surface area contributed by atoms with Gasteiger partial charge < -0.3 is 10.0 Å². The van der Waals surface area contributed by atoms with Crippen LogP contribution in [-0.4, -0.2) is 40.3 Å². The number of hydrogen-bond donors (Lipinski definition) is 2. The Morgan fingerprint density at radius 3 is 2.41 bits per heavy atom. The molecular formula is C16H22N2O3S. The van der Waals surface area contributed by atoms with Crippen molar-refractivity contribution in [3.05, 3.63) is 36.4 Å². The molecule has 2 rings (SSSR count). The van der Waals surface area contributed by atoms with Crippen LogP contribution < -0.4 is 9.62 Å². The lowest BCUT2D eigenvalue weighted by Crippen LogP contribution is -2.31. The number of sulfonamides is 1. The predicted octanol–water partition coefficient (Wildman–Crippen LogP) is 1.95. The molecule has 0 aliphatic heterocycles. The summed E-state index contributed by atoms with van der Waals surface area (Å²) in [6.45, 7) is 1.82. The molecule has 2 aromatic carbocycles. The van der Waals surface area contributed by atoms with Gasteiger partial charge in [-0.15, -0.1) is 0 Å². The van der Waals surface area contributed by atoms with Crippen LogP contribution in [0.2, 0.25) is 0 Å². The fraction of sp³-hybridized carbons (Fsp3) is 0.375. The van der Waals surface area contributed by atoms with Gasteiger partial charge in [0.2, 0.25) is 10.0 Å². The van der Waals surface area contributed by atoms with Gasteiger partial charge in [0.25, 0.3) is 0 Å². The Bertz CT molecular complexity index is 757. The molecule has 1 unspecified atom stereocenters. The van der Waals surface area contributed by atoms with E-state index in [4.69, 9.17) is 0 Å². The first kappa shape index (κ1) is 16.7. The van der Waals surface area contributed by atoms with Gasteiger partial charge in [-0.3, -0.25) is 0 Å². The van der Waals surface area contributed by atoms with E-state index in [0.717, 1.165) is 11.1 Å². The van der Waals surface area contributed by atoms with Crippen LogP contribution in [0, 0.1) is 0 Å². The molecule has 0 aliphatic rings. The van der Waals surface area contributed by atoms with E-state index >= 15 is 0 Å². The van der Waals surface area contributed by atoms with Gasteiger partial charge in [0.1, 0.15) is 0 Å². The van der Waals surface area contributed by atoms with Gasteiger partial charge >= 0.3 is 0 Å². The van der Waals surface area contributed by atoms with Crippen LogP contribution in [0.1, 0.15) is 13.3 Å². The van der Waals surface area contributed by atoms with Crippen molar-refractivity contribution < 1.29 is 13.5 Å². The molecule has 22 heavy (non-hydrogen) atoms. The van der Waals surface area contributed by atoms with Crippen LogP contribution >= 0.6 is 0 Å². The van der Waals surface area contributed by atoms with Gasteiger partial charge in [0.05, 0.1) is 11.0 Å². The zero-order valence-corrected chi connectivity index (χ0v) is 13.9. The molecule has 2 aromatic rings. The molecule has 0 fully saturated rings. The first-order valence-corrected chi connectivity index (χ1v) is 8.72. The minimum atomic E-state index is -3.66. The molecule has 0 bridgehead atoms. The number of hydrogen-bond acceptors (Lipinski definition) is 4. The molecule has 0 radical (unpaired) electrons. The van der Waals surface area contributed by atoms with E-state index in [1.54, 1.807) is 25.1 Å². The van der Waals surface area contributed by atoms with Crippen LogP contribution in [0.5, 0.6) is 0 Å². The number of aliphatic hydroxyl groups excluding tert-OH is 1. The summed E-state index contributed by atoms with van der Waals surface area (Å²) < 4.78 is 27.5. The molecule has 0 saturated heterocycles. The third-order valence-corrected chi connectivity index (χ3v) is 5.09. The van der Waals surface area contributed by atoms with Crippen LogP contribution in [0.4, 0.5) is 5.69 Å². The number of rotatable bonds is 6. The molecule has 5 nitrogen and oxygen atoms in total. The SMILES string of the molecule is CCC(O)CNS(=O)(=O)c1cccc2c(N(C)C)cccc12. The Hall–Kier alpha value is -1.63. The number of fused-ring (bicyclic) bond motifs is 1. The number of anilines is 1. The average molecular weight is 322 g/mol. The van der Waals surface area contributed by atoms with E-state index in [1.807, 2.05) is 37.2 Å². The highest BCUT2D eigenvalue weighted by molar-refractivity contribution is 7.89. The molecular weight excluding hydrogens is 300 g/mol. The third-order valence-electron chi connectivity index (χ3n) is 3.61. The summed E-state index contributed by atoms with van der Waals surface area (Å²) in [5.74, 6) is 0. The lowest BCUT2D eigenvalue weighted by molar-refractivity contribution is 0.174. The van der Waals surface area contributed by atoms with Crippen molar-refractivity contribution in [1.82, 2.24) is 4.72 Å². The standard InChI is InChI=1S/C16H22N2O3S/c1-4-12(19)11-17-22(20,21)16-10-6-7-13-14(16)8-5-9-15(13)18(2)3/h5-10,12,17,19H,4,11H2,1-3H3. The van der Waals surface area contributed by atoms with E-state index in [-0.39, 0.29) is 11.4 Å². The average Bonchev–Trinajstić information content (AvgIpc) is 2.51. The maximum Gasteiger partial charge on any atom is 0.241 e. The molecule has 0 aromatic heterocycles. The van der Waals surface area contributed by atoms with Crippen LogP contribution in [0.3, 0.4) is 0 Å². The van der Waals surface area contributed by atoms with Crippen LogP contribution in [-0.2, 0) is 10.0 Å². The van der Waals surface area contributed by atoms with Crippen molar-refractivity contribution >= 4 is 26.5 Å². The van der Waals surface area contributed by atoms with Crippen molar-refractivity contribution in [1.29, 1.82) is 0 Å². The van der Waals surface area contributed by atoms with Crippen molar-refractivity contribution in [3.63, 3.8) is 0 Å². The second kappa shape index (κ2) is 6.64. The predicted molar refractivity (Wildman–Crippen MR) is 89.8 cm³/mol. The fourth-order valence-corrected chi connectivity index (χ4v) is 3.61. The number of benzene rings is 2. The van der Waals surface area contributed by atoms with E-state index in [9.17, 15) is 13.5 Å². The van der Waals surface area contributed by atoms with Gasteiger partial charge in [0.15, 0.2) is 0 Å². The normalized spacial score (nSPS) is 13.3. The van der Waals surface area contributed by atoms with Crippen molar-refractivity contribution in [2.45, 2.75) is 24.3 Å². The monoisotopic (exact) mass is 322 g/mol. The summed E-state index contributed by atoms with van der Waals surface area (Å²) in [4.78, 5) is 2.18. The Labute approximate surface area is 131 Å². The molecule has 0 spiro atoms. The van der Waals surface area contributed by atoms with Crippen molar-refractivity contribution in [2.75, 3.05) is 25.5 Å². The summed E-state index contributed by atoms with van der Waals surface area (Å²) in [5.41, 5.74) is 0.961. The van der Waals surface area contributed by atoms with Crippen LogP contribution in [0.15, 0.2) is 41.3 Å². The molecule has 1 atom stereocenters. The summed E-state index contributed by atoms with van der Waals surface area (Å²) in [6, 6.07) is 10.8. The minimum Gasteiger partial charge on any atom is -0.392 e. The lowest BCUT2D eigenvalue weighted by Gasteiger charge is -2.17. The highest BCUT2D eigenvalue weighted by Crippen LogP contribution is 2.29. The first-order chi connectivity index (χ1) is 10.4. The van der Waals surface area contributed by atoms with Gasteiger partial charge in [-0.25, -0.2) is 13.1 Å². The quantitative estimate of drug-likeness (QED) is 0.853. The van der Waals surface area contributed by atoms with E-state index in [2.05, 4.69) is 4.72 Å². The van der Waals surface area contributed by atoms with Gasteiger partial charge in [0, 0.05) is 37.1 Å². The zero-order valence-electron chi connectivity index (χ0n) is 13.1. The van der Waals surface area contributed by atoms with Crippen molar-refractivity contribution in [2.24, 2.45) is 0 Å². The molecule has 0 amide bonds. The minimum absolute atomic E-state index is 0.0165. The summed E-state index contributed by atoms with van der Waals surface area (Å²) in [7, 11) is 0.182. The van der Waals surface area contributed by atoms with Gasteiger partial charge in [-0.05, 0) is 18.6 Å². The highest BCUT2D eigenvalue weighted by Gasteiger charge is 2.19. The molecule has 6 heteroatoms. The summed E-state index contributed by atoms with van der Waals surface area (Å²) in [5, 5.41) is 11.1. The van der Waals surface area contributed by atoms with E-state index < -0.39 is 16.1 Å². The maximum absolute atomic E-state index is 12.5. The Morgan fingerprint density at radius 1 is 1.14 bits per heavy atom. The lowest BCUT2D eigenvalue weighted by atomic mass is 10.1. The summed E-state index contributed by atoms with van der Waals surface area (Å²) in [6.07, 6.45) is -0.176. The molecule has 0 aliphatic carbocycles. The molecule has 2 N–H and O–H groups in total. The summed E-state index contributed by atoms with van der Waals surface area (Å²) >= 11 is 0. The number of aliphatic hydroxyl groups is 1. The van der Waals surface area contributed by atoms with Gasteiger partial charge in [-0.2, -0.15) is 0 Å². The third kappa shape index (κ3) is 3.40. The van der Waals surface area contributed by atoms with E-state index in [0.29, 0.717) is 11.8 Å². The smallest absolute Gasteiger partial charge is 0.241 e. The zero-order chi connectivity index (χ0) is 16.3. The first-order valence-electron chi connectivity index (χ1n) is 7.23. The Morgan fingerprint density at radius 2 is 1.77 bits per heavy atom. The number of nitrogens with one attached hydrogen (secondary N) is 1. The second-order valence-electron chi connectivity index (χ2n) is 5.44. The topological polar surface area (TPSA) is 69.6 Å². The van der Waals surface area contributed by atoms with Crippen LogP contribution in [0.25, 0.3) is 10.8 Å². The Kier molecular flexibility index (Phi) is 5.05. The molecule has 120 valence electrons. The second-order valence-corrected chi connectivity index (χ2v) is 7.17. The maximum atomic E-state index is 12.5. The molecule has 0 heterocycles. The van der Waals surface area contributed by atoms with Gasteiger partial charge in [-0.1, -0.05) is 31.2 Å². The number of nitrogens with zero attached hydrogens (tertiary/aromatic N) is 1. The molecule has 0 saturated carbocycles. The highest BCUT2D eigenvalue weighted by atomic mass is 32.2.